The standard InChI is InChI=1S/C26H19BrN2O/c27-21-9-5-8-20(15-21)26-29-24(22-10-3-4-11-25(22)30-26)16-23(28-29)19-13-12-17-6-1-2-7-18(17)14-19/h1-15,24,26H,16H2/t24-,26-/m1/s1. The van der Waals surface area contributed by atoms with E-state index in [0.29, 0.717) is 0 Å². The minimum atomic E-state index is -0.250. The molecule has 2 heterocycles. The van der Waals surface area contributed by atoms with Gasteiger partial charge in [0.2, 0.25) is 6.23 Å². The Kier molecular flexibility index (Phi) is 4.13. The second-order valence-corrected chi connectivity index (χ2v) is 8.69. The van der Waals surface area contributed by atoms with Gasteiger partial charge in [-0.05, 0) is 40.6 Å². The van der Waals surface area contributed by atoms with Gasteiger partial charge in [-0.15, -0.1) is 0 Å². The van der Waals surface area contributed by atoms with Crippen molar-refractivity contribution in [3.8, 4) is 5.75 Å². The average Bonchev–Trinajstić information content (AvgIpc) is 3.24. The number of hydrogen-bond donors (Lipinski definition) is 0. The van der Waals surface area contributed by atoms with Crippen LogP contribution in [0.4, 0.5) is 0 Å². The quantitative estimate of drug-likeness (QED) is 0.331. The number of para-hydroxylation sites is 1. The molecule has 3 nitrogen and oxygen atoms in total. The van der Waals surface area contributed by atoms with E-state index in [9.17, 15) is 0 Å². The fourth-order valence-corrected chi connectivity index (χ4v) is 4.87. The predicted octanol–water partition coefficient (Wildman–Crippen LogP) is 6.84. The number of rotatable bonds is 2. The van der Waals surface area contributed by atoms with Gasteiger partial charge in [-0.3, -0.25) is 0 Å². The third-order valence-corrected chi connectivity index (χ3v) is 6.41. The number of nitrogens with zero attached hydrogens (tertiary/aromatic N) is 2. The van der Waals surface area contributed by atoms with Gasteiger partial charge >= 0.3 is 0 Å². The zero-order valence-electron chi connectivity index (χ0n) is 16.2. The van der Waals surface area contributed by atoms with Crippen molar-refractivity contribution >= 4 is 32.4 Å². The number of hydrogen-bond acceptors (Lipinski definition) is 3. The fraction of sp³-hybridized carbons (Fsp3) is 0.115. The maximum absolute atomic E-state index is 6.44. The predicted molar refractivity (Wildman–Crippen MR) is 124 cm³/mol. The fourth-order valence-electron chi connectivity index (χ4n) is 4.46. The van der Waals surface area contributed by atoms with Crippen molar-refractivity contribution in [2.45, 2.75) is 18.7 Å². The van der Waals surface area contributed by atoms with E-state index in [1.807, 2.05) is 18.2 Å². The monoisotopic (exact) mass is 454 g/mol. The van der Waals surface area contributed by atoms with Crippen LogP contribution in [0.25, 0.3) is 10.8 Å². The molecule has 146 valence electrons. The largest absolute Gasteiger partial charge is 0.464 e. The van der Waals surface area contributed by atoms with Crippen molar-refractivity contribution in [1.29, 1.82) is 0 Å². The molecule has 0 spiro atoms. The molecule has 4 aromatic carbocycles. The molecule has 4 heteroatoms. The Morgan fingerprint density at radius 2 is 1.67 bits per heavy atom. The van der Waals surface area contributed by atoms with Crippen molar-refractivity contribution in [3.63, 3.8) is 0 Å². The Balaban J connectivity index is 1.45. The third-order valence-electron chi connectivity index (χ3n) is 5.92. The van der Waals surface area contributed by atoms with Crippen LogP contribution in [0.5, 0.6) is 5.75 Å². The third kappa shape index (κ3) is 2.91. The molecule has 0 aliphatic carbocycles. The minimum Gasteiger partial charge on any atom is -0.464 e. The number of benzene rings is 4. The highest BCUT2D eigenvalue weighted by Gasteiger charge is 2.40. The van der Waals surface area contributed by atoms with Gasteiger partial charge in [0, 0.05) is 22.0 Å². The van der Waals surface area contributed by atoms with Gasteiger partial charge in [0.25, 0.3) is 0 Å². The topological polar surface area (TPSA) is 24.8 Å². The summed E-state index contributed by atoms with van der Waals surface area (Å²) in [6.07, 6.45) is 0.615. The Hall–Kier alpha value is -3.11. The first-order valence-corrected chi connectivity index (χ1v) is 10.9. The smallest absolute Gasteiger partial charge is 0.213 e. The molecule has 2 aliphatic rings. The normalized spacial score (nSPS) is 19.8. The van der Waals surface area contributed by atoms with E-state index in [4.69, 9.17) is 9.84 Å². The van der Waals surface area contributed by atoms with Gasteiger partial charge < -0.3 is 4.74 Å². The summed E-state index contributed by atoms with van der Waals surface area (Å²) in [6.45, 7) is 0. The van der Waals surface area contributed by atoms with Crippen LogP contribution in [0.1, 0.15) is 35.4 Å². The number of halogens is 1. The molecule has 0 saturated heterocycles. The zero-order valence-corrected chi connectivity index (χ0v) is 17.8. The van der Waals surface area contributed by atoms with Gasteiger partial charge in [0.15, 0.2) is 0 Å². The molecule has 4 aromatic rings. The second kappa shape index (κ2) is 6.99. The van der Waals surface area contributed by atoms with E-state index in [1.54, 1.807) is 0 Å². The summed E-state index contributed by atoms with van der Waals surface area (Å²) >= 11 is 3.59. The van der Waals surface area contributed by atoms with E-state index in [0.717, 1.165) is 27.9 Å². The lowest BCUT2D eigenvalue weighted by Crippen LogP contribution is -2.33. The van der Waals surface area contributed by atoms with Crippen molar-refractivity contribution in [1.82, 2.24) is 5.01 Å². The van der Waals surface area contributed by atoms with Crippen LogP contribution in [0.2, 0.25) is 0 Å². The lowest BCUT2D eigenvalue weighted by molar-refractivity contribution is -0.0190. The summed E-state index contributed by atoms with van der Waals surface area (Å²) in [4.78, 5) is 0. The minimum absolute atomic E-state index is 0.167. The van der Waals surface area contributed by atoms with Crippen molar-refractivity contribution in [2.24, 2.45) is 5.10 Å². The van der Waals surface area contributed by atoms with Crippen molar-refractivity contribution < 1.29 is 4.74 Å². The number of fused-ring (bicyclic) bond motifs is 4. The maximum Gasteiger partial charge on any atom is 0.213 e. The molecule has 0 bridgehead atoms. The van der Waals surface area contributed by atoms with Crippen LogP contribution >= 0.6 is 15.9 Å². The summed E-state index contributed by atoms with van der Waals surface area (Å²) in [5.74, 6) is 0.943. The Bertz CT molecular complexity index is 1300. The Morgan fingerprint density at radius 3 is 2.57 bits per heavy atom. The summed E-state index contributed by atoms with van der Waals surface area (Å²) in [5, 5.41) is 9.70. The van der Waals surface area contributed by atoms with E-state index in [1.165, 1.54) is 21.9 Å². The summed E-state index contributed by atoms with van der Waals surface area (Å²) in [7, 11) is 0. The van der Waals surface area contributed by atoms with Gasteiger partial charge in [-0.2, -0.15) is 5.10 Å². The lowest BCUT2D eigenvalue weighted by Gasteiger charge is -2.38. The van der Waals surface area contributed by atoms with Gasteiger partial charge in [0.1, 0.15) is 5.75 Å². The van der Waals surface area contributed by atoms with E-state index < -0.39 is 0 Å². The highest BCUT2D eigenvalue weighted by atomic mass is 79.9. The molecule has 6 rings (SSSR count). The highest BCUT2D eigenvalue weighted by molar-refractivity contribution is 9.10. The first-order valence-electron chi connectivity index (χ1n) is 10.1. The second-order valence-electron chi connectivity index (χ2n) is 7.77. The van der Waals surface area contributed by atoms with E-state index in [2.05, 4.69) is 93.7 Å². The molecule has 0 aromatic heterocycles. The van der Waals surface area contributed by atoms with Crippen molar-refractivity contribution in [3.05, 3.63) is 112 Å². The van der Waals surface area contributed by atoms with Crippen LogP contribution < -0.4 is 4.74 Å². The van der Waals surface area contributed by atoms with E-state index in [-0.39, 0.29) is 12.3 Å². The molecule has 0 radical (unpaired) electrons. The molecule has 30 heavy (non-hydrogen) atoms. The average molecular weight is 455 g/mol. The van der Waals surface area contributed by atoms with Crippen LogP contribution in [0, 0.1) is 0 Å². The molecule has 0 saturated carbocycles. The Morgan fingerprint density at radius 1 is 0.833 bits per heavy atom. The molecule has 0 N–H and O–H groups in total. The van der Waals surface area contributed by atoms with Crippen LogP contribution in [0.15, 0.2) is 101 Å². The van der Waals surface area contributed by atoms with Gasteiger partial charge in [-0.1, -0.05) is 82.7 Å². The summed E-state index contributed by atoms with van der Waals surface area (Å²) < 4.78 is 7.48. The number of ether oxygens (including phenoxy) is 1. The first kappa shape index (κ1) is 17.7. The summed E-state index contributed by atoms with van der Waals surface area (Å²) in [6, 6.07) is 31.9. The zero-order chi connectivity index (χ0) is 20.1. The first-order chi connectivity index (χ1) is 14.8. The summed E-state index contributed by atoms with van der Waals surface area (Å²) in [5.41, 5.74) is 4.57. The van der Waals surface area contributed by atoms with Crippen LogP contribution in [-0.2, 0) is 0 Å². The van der Waals surface area contributed by atoms with Gasteiger partial charge in [-0.25, -0.2) is 5.01 Å². The highest BCUT2D eigenvalue weighted by Crippen LogP contribution is 2.47. The van der Waals surface area contributed by atoms with Gasteiger partial charge in [0.05, 0.1) is 11.8 Å². The van der Waals surface area contributed by atoms with E-state index >= 15 is 0 Å². The Labute approximate surface area is 183 Å². The van der Waals surface area contributed by atoms with Crippen LogP contribution in [-0.4, -0.2) is 10.7 Å². The molecule has 0 unspecified atom stereocenters. The number of hydrazone groups is 1. The van der Waals surface area contributed by atoms with Crippen LogP contribution in [0.3, 0.4) is 0 Å². The maximum atomic E-state index is 6.44. The molecule has 0 amide bonds. The van der Waals surface area contributed by atoms with Crippen molar-refractivity contribution in [2.75, 3.05) is 0 Å². The SMILES string of the molecule is Brc1cccc([C@H]2Oc3ccccc3[C@H]3CC(c4ccc5ccccc5c4)=NN32)c1. The molecule has 2 aliphatic heterocycles. The lowest BCUT2D eigenvalue weighted by atomic mass is 9.95. The molecular formula is C26H19BrN2O. The molecule has 0 fully saturated rings. The molecular weight excluding hydrogens is 436 g/mol. The molecule has 2 atom stereocenters.